The van der Waals surface area contributed by atoms with Gasteiger partial charge in [0.1, 0.15) is 17.2 Å². The van der Waals surface area contributed by atoms with Crippen molar-refractivity contribution < 1.29 is 9.90 Å². The highest BCUT2D eigenvalue weighted by Crippen LogP contribution is 2.39. The molecule has 2 rings (SSSR count). The van der Waals surface area contributed by atoms with E-state index >= 15 is 0 Å². The average Bonchev–Trinajstić information content (AvgIpc) is 3.19. The van der Waals surface area contributed by atoms with Gasteiger partial charge in [0.05, 0.1) is 5.69 Å². The van der Waals surface area contributed by atoms with Crippen LogP contribution in [0.4, 0.5) is 5.82 Å². The number of aromatic nitrogens is 2. The number of hydrogen-bond acceptors (Lipinski definition) is 5. The van der Waals surface area contributed by atoms with Crippen LogP contribution in [0.3, 0.4) is 0 Å². The van der Waals surface area contributed by atoms with E-state index in [9.17, 15) is 10.1 Å². The highest BCUT2D eigenvalue weighted by molar-refractivity contribution is 5.86. The molecule has 1 saturated carbocycles. The van der Waals surface area contributed by atoms with Crippen LogP contribution < -0.4 is 5.32 Å². The molecule has 19 heavy (non-hydrogen) atoms. The summed E-state index contributed by atoms with van der Waals surface area (Å²) in [6.45, 7) is 3.90. The molecule has 1 aromatic heterocycles. The Balaban J connectivity index is 2.42. The summed E-state index contributed by atoms with van der Waals surface area (Å²) in [5, 5.41) is 29.4. The van der Waals surface area contributed by atoms with Gasteiger partial charge in [-0.2, -0.15) is 10.4 Å². The number of carboxylic acids is 1. The van der Waals surface area contributed by atoms with E-state index in [2.05, 4.69) is 21.6 Å². The molecule has 0 radical (unpaired) electrons. The van der Waals surface area contributed by atoms with Gasteiger partial charge in [0, 0.05) is 0 Å². The fourth-order valence-electron chi connectivity index (χ4n) is 2.12. The Kier molecular flexibility index (Phi) is 3.38. The van der Waals surface area contributed by atoms with Crippen molar-refractivity contribution in [2.24, 2.45) is 0 Å². The first-order chi connectivity index (χ1) is 9.07. The molecule has 0 saturated heterocycles. The Hall–Kier alpha value is -2.16. The average molecular weight is 260 g/mol. The van der Waals surface area contributed by atoms with Crippen molar-refractivity contribution in [1.29, 1.82) is 5.26 Å². The van der Waals surface area contributed by atoms with Gasteiger partial charge in [-0.15, -0.1) is 5.10 Å². The van der Waals surface area contributed by atoms with E-state index in [-0.39, 0.29) is 5.82 Å². The minimum absolute atomic E-state index is 0.288. The van der Waals surface area contributed by atoms with Crippen LogP contribution in [0.5, 0.6) is 0 Å². The molecule has 1 aromatic rings. The van der Waals surface area contributed by atoms with Crippen LogP contribution in [-0.2, 0) is 17.6 Å². The summed E-state index contributed by atoms with van der Waals surface area (Å²) in [6.07, 6.45) is 2.48. The number of hydrogen-bond donors (Lipinski definition) is 2. The first-order valence-corrected chi connectivity index (χ1v) is 6.38. The predicted octanol–water partition coefficient (Wildman–Crippen LogP) is 1.50. The zero-order valence-electron chi connectivity index (χ0n) is 11.0. The molecule has 0 unspecified atom stereocenters. The van der Waals surface area contributed by atoms with Crippen molar-refractivity contribution in [3.63, 3.8) is 0 Å². The molecule has 1 aliphatic carbocycles. The minimum atomic E-state index is -0.959. The van der Waals surface area contributed by atoms with Gasteiger partial charge in [0.25, 0.3) is 0 Å². The second kappa shape index (κ2) is 4.84. The molecular formula is C13H16N4O2. The Bertz CT molecular complexity index is 558. The van der Waals surface area contributed by atoms with Crippen LogP contribution in [-0.4, -0.2) is 26.8 Å². The Morgan fingerprint density at radius 1 is 1.42 bits per heavy atom. The van der Waals surface area contributed by atoms with Crippen molar-refractivity contribution in [2.75, 3.05) is 5.32 Å². The summed E-state index contributed by atoms with van der Waals surface area (Å²) in [4.78, 5) is 11.2. The summed E-state index contributed by atoms with van der Waals surface area (Å²) >= 11 is 0. The predicted molar refractivity (Wildman–Crippen MR) is 68.7 cm³/mol. The third-order valence-electron chi connectivity index (χ3n) is 3.47. The van der Waals surface area contributed by atoms with E-state index in [1.165, 1.54) is 0 Å². The highest BCUT2D eigenvalue weighted by atomic mass is 16.4. The third-order valence-corrected chi connectivity index (χ3v) is 3.47. The number of nitrogens with one attached hydrogen (secondary N) is 1. The minimum Gasteiger partial charge on any atom is -0.480 e. The van der Waals surface area contributed by atoms with E-state index in [4.69, 9.17) is 5.11 Å². The quantitative estimate of drug-likeness (QED) is 0.832. The van der Waals surface area contributed by atoms with Crippen molar-refractivity contribution >= 4 is 11.8 Å². The highest BCUT2D eigenvalue weighted by Gasteiger charge is 2.51. The zero-order valence-corrected chi connectivity index (χ0v) is 11.0. The van der Waals surface area contributed by atoms with Crippen molar-refractivity contribution in [3.8, 4) is 6.07 Å². The van der Waals surface area contributed by atoms with Crippen LogP contribution in [0.2, 0.25) is 0 Å². The molecule has 1 heterocycles. The smallest absolute Gasteiger partial charge is 0.329 e. The number of aryl methyl sites for hydroxylation is 1. The van der Waals surface area contributed by atoms with Gasteiger partial charge < -0.3 is 10.4 Å². The van der Waals surface area contributed by atoms with Crippen molar-refractivity contribution in [1.82, 2.24) is 10.2 Å². The molecule has 0 spiro atoms. The van der Waals surface area contributed by atoms with Crippen LogP contribution >= 0.6 is 0 Å². The zero-order chi connectivity index (χ0) is 14.0. The molecule has 0 amide bonds. The van der Waals surface area contributed by atoms with Gasteiger partial charge >= 0.3 is 5.97 Å². The van der Waals surface area contributed by atoms with Crippen molar-refractivity contribution in [2.45, 2.75) is 45.1 Å². The Morgan fingerprint density at radius 3 is 2.53 bits per heavy atom. The van der Waals surface area contributed by atoms with Gasteiger partial charge in [0.2, 0.25) is 0 Å². The largest absolute Gasteiger partial charge is 0.480 e. The molecule has 6 nitrogen and oxygen atoms in total. The molecular weight excluding hydrogens is 244 g/mol. The number of aliphatic carboxylic acids is 1. The normalized spacial score (nSPS) is 15.6. The van der Waals surface area contributed by atoms with Crippen LogP contribution in [0.15, 0.2) is 0 Å². The van der Waals surface area contributed by atoms with Crippen LogP contribution in [0.25, 0.3) is 0 Å². The molecule has 0 aromatic carbocycles. The molecule has 6 heteroatoms. The topological polar surface area (TPSA) is 98.9 Å². The van der Waals surface area contributed by atoms with Gasteiger partial charge in [-0.25, -0.2) is 4.79 Å². The molecule has 100 valence electrons. The third kappa shape index (κ3) is 2.24. The number of carbonyl (C=O) groups is 1. The van der Waals surface area contributed by atoms with Crippen LogP contribution in [0.1, 0.15) is 43.5 Å². The summed E-state index contributed by atoms with van der Waals surface area (Å²) < 4.78 is 0. The first kappa shape index (κ1) is 13.3. The number of rotatable bonds is 5. The second-order valence-corrected chi connectivity index (χ2v) is 4.68. The number of nitrogens with zero attached hydrogens (tertiary/aromatic N) is 3. The van der Waals surface area contributed by atoms with E-state index in [1.54, 1.807) is 0 Å². The number of carboxylic acid groups (broad SMARTS) is 1. The fraction of sp³-hybridized carbons (Fsp3) is 0.538. The maximum atomic E-state index is 11.2. The summed E-state index contributed by atoms with van der Waals surface area (Å²) in [5.41, 5.74) is 1.11. The summed E-state index contributed by atoms with van der Waals surface area (Å²) in [5.74, 6) is -0.618. The standard InChI is InChI=1S/C13H16N4O2/c1-3-8-9(7-14)11(17-16-10(8)4-2)15-13(5-6-13)12(18)19/h3-6H2,1-2H3,(H,15,17)(H,18,19). The Labute approximate surface area is 111 Å². The summed E-state index contributed by atoms with van der Waals surface area (Å²) in [6, 6.07) is 2.12. The first-order valence-electron chi connectivity index (χ1n) is 6.38. The number of nitriles is 1. The molecule has 2 N–H and O–H groups in total. The van der Waals surface area contributed by atoms with E-state index in [1.807, 2.05) is 13.8 Å². The maximum Gasteiger partial charge on any atom is 0.329 e. The van der Waals surface area contributed by atoms with Crippen molar-refractivity contribution in [3.05, 3.63) is 16.8 Å². The monoisotopic (exact) mass is 260 g/mol. The van der Waals surface area contributed by atoms with Gasteiger partial charge in [-0.05, 0) is 31.2 Å². The molecule has 0 atom stereocenters. The molecule has 1 aliphatic rings. The molecule has 0 aliphatic heterocycles. The fourth-order valence-corrected chi connectivity index (χ4v) is 2.12. The van der Waals surface area contributed by atoms with Gasteiger partial charge in [0.15, 0.2) is 5.82 Å². The lowest BCUT2D eigenvalue weighted by Gasteiger charge is -2.16. The van der Waals surface area contributed by atoms with E-state index < -0.39 is 11.5 Å². The Morgan fingerprint density at radius 2 is 2.11 bits per heavy atom. The van der Waals surface area contributed by atoms with E-state index in [0.717, 1.165) is 11.3 Å². The van der Waals surface area contributed by atoms with E-state index in [0.29, 0.717) is 31.2 Å². The lowest BCUT2D eigenvalue weighted by molar-refractivity contribution is -0.138. The lowest BCUT2D eigenvalue weighted by atomic mass is 10.0. The maximum absolute atomic E-state index is 11.2. The number of anilines is 1. The molecule has 0 bridgehead atoms. The van der Waals surface area contributed by atoms with Crippen LogP contribution in [0, 0.1) is 11.3 Å². The molecule has 1 fully saturated rings. The summed E-state index contributed by atoms with van der Waals surface area (Å²) in [7, 11) is 0. The lowest BCUT2D eigenvalue weighted by Crippen LogP contribution is -2.32. The van der Waals surface area contributed by atoms with Gasteiger partial charge in [-0.1, -0.05) is 13.8 Å². The second-order valence-electron chi connectivity index (χ2n) is 4.68. The van der Waals surface area contributed by atoms with Gasteiger partial charge in [-0.3, -0.25) is 0 Å². The SMILES string of the molecule is CCc1nnc(NC2(C(=O)O)CC2)c(C#N)c1CC.